The number of aryl methyl sites for hydroxylation is 1. The number of methoxy groups -OCH3 is 2. The highest BCUT2D eigenvalue weighted by Gasteiger charge is 2.24. The molecule has 0 atom stereocenters. The van der Waals surface area contributed by atoms with Gasteiger partial charge in [0.1, 0.15) is 5.56 Å². The van der Waals surface area contributed by atoms with Crippen molar-refractivity contribution < 1.29 is 19.2 Å². The number of nitrogens with one attached hydrogen (secondary N) is 1. The van der Waals surface area contributed by atoms with Crippen LogP contribution in [0.3, 0.4) is 0 Å². The van der Waals surface area contributed by atoms with E-state index in [9.17, 15) is 14.9 Å². The zero-order valence-corrected chi connectivity index (χ0v) is 15.1. The van der Waals surface area contributed by atoms with Gasteiger partial charge in [-0.15, -0.1) is 0 Å². The average molecular weight is 358 g/mol. The van der Waals surface area contributed by atoms with E-state index in [1.807, 2.05) is 12.1 Å². The van der Waals surface area contributed by atoms with Gasteiger partial charge in [-0.2, -0.15) is 0 Å². The second kappa shape index (κ2) is 8.84. The number of hydrogen-bond donors (Lipinski definition) is 1. The molecule has 2 aromatic rings. The standard InChI is InChI=1S/C19H22N2O5/c1-4-5-6-13-7-9-14(10-8-13)20-19(22)15-11-17(25-2)18(26-3)12-16(15)21(23)24/h7-12H,4-6H2,1-3H3,(H,20,22). The summed E-state index contributed by atoms with van der Waals surface area (Å²) < 4.78 is 10.2. The van der Waals surface area contributed by atoms with Crippen molar-refractivity contribution in [3.63, 3.8) is 0 Å². The number of nitro benzene ring substituents is 1. The van der Waals surface area contributed by atoms with Gasteiger partial charge in [-0.05, 0) is 30.5 Å². The molecule has 2 aromatic carbocycles. The number of unbranched alkanes of at least 4 members (excludes halogenated alkanes) is 1. The van der Waals surface area contributed by atoms with Crippen LogP contribution < -0.4 is 14.8 Å². The van der Waals surface area contributed by atoms with Crippen LogP contribution in [0.25, 0.3) is 0 Å². The summed E-state index contributed by atoms with van der Waals surface area (Å²) in [5.74, 6) is -0.145. The number of carbonyl (C=O) groups excluding carboxylic acids is 1. The Kier molecular flexibility index (Phi) is 6.54. The first-order valence-corrected chi connectivity index (χ1v) is 8.30. The van der Waals surface area contributed by atoms with E-state index < -0.39 is 10.8 Å². The fraction of sp³-hybridized carbons (Fsp3) is 0.316. The summed E-state index contributed by atoms with van der Waals surface area (Å²) in [5.41, 5.74) is 1.31. The molecule has 1 N–H and O–H groups in total. The zero-order valence-electron chi connectivity index (χ0n) is 15.1. The molecule has 0 aromatic heterocycles. The molecule has 7 nitrogen and oxygen atoms in total. The number of ether oxygens (including phenoxy) is 2. The first-order valence-electron chi connectivity index (χ1n) is 8.30. The number of benzene rings is 2. The lowest BCUT2D eigenvalue weighted by Crippen LogP contribution is -2.14. The molecule has 1 amide bonds. The van der Waals surface area contributed by atoms with E-state index >= 15 is 0 Å². The number of anilines is 1. The van der Waals surface area contributed by atoms with Gasteiger partial charge in [-0.1, -0.05) is 25.5 Å². The lowest BCUT2D eigenvalue weighted by molar-refractivity contribution is -0.385. The molecule has 0 unspecified atom stereocenters. The van der Waals surface area contributed by atoms with Crippen LogP contribution >= 0.6 is 0 Å². The smallest absolute Gasteiger partial charge is 0.286 e. The minimum atomic E-state index is -0.620. The van der Waals surface area contributed by atoms with Crippen molar-refractivity contribution in [2.24, 2.45) is 0 Å². The Hall–Kier alpha value is -3.09. The number of rotatable bonds is 8. The van der Waals surface area contributed by atoms with Gasteiger partial charge >= 0.3 is 0 Å². The van der Waals surface area contributed by atoms with Gasteiger partial charge in [0.2, 0.25) is 0 Å². The summed E-state index contributed by atoms with van der Waals surface area (Å²) in [6.07, 6.45) is 3.19. The Balaban J connectivity index is 2.26. The third-order valence-corrected chi connectivity index (χ3v) is 3.97. The van der Waals surface area contributed by atoms with Gasteiger partial charge in [0.25, 0.3) is 11.6 Å². The van der Waals surface area contributed by atoms with Gasteiger partial charge in [-0.3, -0.25) is 14.9 Å². The highest BCUT2D eigenvalue weighted by atomic mass is 16.6. The van der Waals surface area contributed by atoms with Crippen LogP contribution in [0, 0.1) is 10.1 Å². The number of nitro groups is 1. The monoisotopic (exact) mass is 358 g/mol. The van der Waals surface area contributed by atoms with E-state index in [-0.39, 0.29) is 22.7 Å². The van der Waals surface area contributed by atoms with Gasteiger partial charge in [0.05, 0.1) is 25.2 Å². The van der Waals surface area contributed by atoms with Gasteiger partial charge in [-0.25, -0.2) is 0 Å². The number of carbonyl (C=O) groups is 1. The summed E-state index contributed by atoms with van der Waals surface area (Å²) >= 11 is 0. The Morgan fingerprint density at radius 2 is 1.73 bits per heavy atom. The quantitative estimate of drug-likeness (QED) is 0.564. The second-order valence-electron chi connectivity index (χ2n) is 5.74. The molecule has 0 heterocycles. The first-order chi connectivity index (χ1) is 12.5. The van der Waals surface area contributed by atoms with Crippen molar-refractivity contribution in [1.82, 2.24) is 0 Å². The lowest BCUT2D eigenvalue weighted by atomic mass is 10.1. The van der Waals surface area contributed by atoms with E-state index in [1.165, 1.54) is 31.9 Å². The van der Waals surface area contributed by atoms with Gasteiger partial charge in [0.15, 0.2) is 11.5 Å². The molecule has 0 saturated heterocycles. The molecule has 0 bridgehead atoms. The van der Waals surface area contributed by atoms with Crippen LogP contribution in [-0.2, 0) is 6.42 Å². The minimum Gasteiger partial charge on any atom is -0.493 e. The molecule has 0 aliphatic carbocycles. The van der Waals surface area contributed by atoms with Crippen molar-refractivity contribution in [3.8, 4) is 11.5 Å². The molecular formula is C19H22N2O5. The van der Waals surface area contributed by atoms with E-state index in [4.69, 9.17) is 9.47 Å². The molecule has 138 valence electrons. The van der Waals surface area contributed by atoms with Crippen LogP contribution in [-0.4, -0.2) is 25.1 Å². The van der Waals surface area contributed by atoms with Gasteiger partial charge < -0.3 is 14.8 Å². The third kappa shape index (κ3) is 4.50. The van der Waals surface area contributed by atoms with E-state index in [2.05, 4.69) is 12.2 Å². The fourth-order valence-corrected chi connectivity index (χ4v) is 2.54. The van der Waals surface area contributed by atoms with Crippen LogP contribution in [0.4, 0.5) is 11.4 Å². The molecule has 7 heteroatoms. The molecular weight excluding hydrogens is 336 g/mol. The summed E-state index contributed by atoms with van der Waals surface area (Å²) in [5, 5.41) is 14.0. The Bertz CT molecular complexity index is 787. The van der Waals surface area contributed by atoms with E-state index in [0.717, 1.165) is 19.3 Å². The average Bonchev–Trinajstić information content (AvgIpc) is 2.66. The summed E-state index contributed by atoms with van der Waals surface area (Å²) in [6, 6.07) is 9.94. The second-order valence-corrected chi connectivity index (χ2v) is 5.74. The summed E-state index contributed by atoms with van der Waals surface area (Å²) in [7, 11) is 2.78. The van der Waals surface area contributed by atoms with Crippen molar-refractivity contribution in [2.75, 3.05) is 19.5 Å². The van der Waals surface area contributed by atoms with Crippen molar-refractivity contribution in [2.45, 2.75) is 26.2 Å². The molecule has 0 spiro atoms. The zero-order chi connectivity index (χ0) is 19.1. The third-order valence-electron chi connectivity index (χ3n) is 3.97. The predicted octanol–water partition coefficient (Wildman–Crippen LogP) is 4.21. The maximum atomic E-state index is 12.6. The lowest BCUT2D eigenvalue weighted by Gasteiger charge is -2.11. The Morgan fingerprint density at radius 3 is 2.27 bits per heavy atom. The summed E-state index contributed by atoms with van der Waals surface area (Å²) in [4.78, 5) is 23.3. The highest BCUT2D eigenvalue weighted by molar-refractivity contribution is 6.07. The van der Waals surface area contributed by atoms with Crippen molar-refractivity contribution >= 4 is 17.3 Å². The van der Waals surface area contributed by atoms with E-state index in [1.54, 1.807) is 12.1 Å². The van der Waals surface area contributed by atoms with Crippen LogP contribution in [0.5, 0.6) is 11.5 Å². The Labute approximate surface area is 152 Å². The Morgan fingerprint density at radius 1 is 1.12 bits per heavy atom. The first kappa shape index (κ1) is 19.2. The number of nitrogens with zero attached hydrogens (tertiary/aromatic N) is 1. The topological polar surface area (TPSA) is 90.7 Å². The number of amides is 1. The van der Waals surface area contributed by atoms with Crippen LogP contribution in [0.2, 0.25) is 0 Å². The molecule has 0 saturated carbocycles. The SMILES string of the molecule is CCCCc1ccc(NC(=O)c2cc(OC)c(OC)cc2[N+](=O)[O-])cc1. The van der Waals surface area contributed by atoms with Gasteiger partial charge in [0, 0.05) is 11.8 Å². The molecule has 2 rings (SSSR count). The van der Waals surface area contributed by atoms with Crippen molar-refractivity contribution in [3.05, 3.63) is 57.6 Å². The number of hydrogen-bond acceptors (Lipinski definition) is 5. The molecule has 0 aliphatic heterocycles. The minimum absolute atomic E-state index is 0.0947. The van der Waals surface area contributed by atoms with Crippen LogP contribution in [0.1, 0.15) is 35.7 Å². The van der Waals surface area contributed by atoms with E-state index in [0.29, 0.717) is 5.69 Å². The summed E-state index contributed by atoms with van der Waals surface area (Å²) in [6.45, 7) is 2.13. The highest BCUT2D eigenvalue weighted by Crippen LogP contribution is 2.34. The molecule has 26 heavy (non-hydrogen) atoms. The van der Waals surface area contributed by atoms with Crippen LogP contribution in [0.15, 0.2) is 36.4 Å². The normalized spacial score (nSPS) is 10.3. The fourth-order valence-electron chi connectivity index (χ4n) is 2.54. The maximum absolute atomic E-state index is 12.6. The molecule has 0 fully saturated rings. The maximum Gasteiger partial charge on any atom is 0.286 e. The molecule has 0 radical (unpaired) electrons. The van der Waals surface area contributed by atoms with Crippen molar-refractivity contribution in [1.29, 1.82) is 0 Å². The molecule has 0 aliphatic rings. The predicted molar refractivity (Wildman–Crippen MR) is 99.2 cm³/mol. The largest absolute Gasteiger partial charge is 0.493 e.